The number of para-hydroxylation sites is 2. The molecular formula is C19H25N7O. The molecule has 8 heteroatoms. The van der Waals surface area contributed by atoms with Gasteiger partial charge in [-0.3, -0.25) is 9.69 Å². The number of primary amides is 1. The third-order valence-electron chi connectivity index (χ3n) is 5.10. The number of aromatic nitrogens is 5. The van der Waals surface area contributed by atoms with E-state index in [0.717, 1.165) is 61.7 Å². The lowest BCUT2D eigenvalue weighted by Crippen LogP contribution is -2.40. The zero-order valence-electron chi connectivity index (χ0n) is 15.6. The molecule has 142 valence electrons. The summed E-state index contributed by atoms with van der Waals surface area (Å²) in [7, 11) is 0. The van der Waals surface area contributed by atoms with Crippen LogP contribution in [0, 0.1) is 0 Å². The van der Waals surface area contributed by atoms with Gasteiger partial charge in [-0.15, -0.1) is 0 Å². The number of rotatable bonds is 6. The Kier molecular flexibility index (Phi) is 4.89. The van der Waals surface area contributed by atoms with Gasteiger partial charge in [0.1, 0.15) is 12.2 Å². The van der Waals surface area contributed by atoms with Crippen molar-refractivity contribution < 1.29 is 4.79 Å². The molecule has 3 heterocycles. The van der Waals surface area contributed by atoms with Crippen LogP contribution in [0.15, 0.2) is 30.6 Å². The first-order valence-electron chi connectivity index (χ1n) is 9.53. The summed E-state index contributed by atoms with van der Waals surface area (Å²) in [5.74, 6) is 1.62. The Morgan fingerprint density at radius 1 is 1.33 bits per heavy atom. The van der Waals surface area contributed by atoms with E-state index in [2.05, 4.69) is 32.5 Å². The lowest BCUT2D eigenvalue weighted by atomic mass is 9.97. The van der Waals surface area contributed by atoms with Crippen molar-refractivity contribution in [2.75, 3.05) is 19.6 Å². The van der Waals surface area contributed by atoms with Crippen molar-refractivity contribution in [2.45, 2.75) is 38.6 Å². The molecule has 1 amide bonds. The predicted octanol–water partition coefficient (Wildman–Crippen LogP) is 1.69. The normalized spacial score (nSPS) is 18.2. The van der Waals surface area contributed by atoms with Gasteiger partial charge in [0, 0.05) is 19.0 Å². The van der Waals surface area contributed by atoms with E-state index in [4.69, 9.17) is 10.7 Å². The Morgan fingerprint density at radius 2 is 2.19 bits per heavy atom. The second-order valence-electron chi connectivity index (χ2n) is 7.12. The number of hydrogen-bond acceptors (Lipinski definition) is 5. The fraction of sp³-hybridized carbons (Fsp3) is 0.474. The topological polar surface area (TPSA) is 94.9 Å². The lowest BCUT2D eigenvalue weighted by Gasteiger charge is -2.31. The molecule has 1 fully saturated rings. The number of amides is 1. The van der Waals surface area contributed by atoms with Crippen LogP contribution in [0.4, 0.5) is 0 Å². The SMILES string of the molecule is CCCn1c(-n2ncnc2[C@@H]2CCCN(CC(N)=O)C2)nc2ccccc21. The number of hydrogen-bond donors (Lipinski definition) is 1. The van der Waals surface area contributed by atoms with Gasteiger partial charge in [0.15, 0.2) is 0 Å². The number of imidazole rings is 1. The molecule has 1 saturated heterocycles. The molecule has 2 N–H and O–H groups in total. The largest absolute Gasteiger partial charge is 0.369 e. The number of fused-ring (bicyclic) bond motifs is 1. The van der Waals surface area contributed by atoms with E-state index in [-0.39, 0.29) is 11.8 Å². The van der Waals surface area contributed by atoms with Gasteiger partial charge in [0.25, 0.3) is 0 Å². The molecule has 0 spiro atoms. The van der Waals surface area contributed by atoms with E-state index in [1.807, 2.05) is 22.9 Å². The molecule has 1 aliphatic heterocycles. The molecule has 0 aliphatic carbocycles. The zero-order valence-corrected chi connectivity index (χ0v) is 15.6. The van der Waals surface area contributed by atoms with Gasteiger partial charge in [-0.05, 0) is 37.9 Å². The number of likely N-dealkylation sites (tertiary alicyclic amines) is 1. The van der Waals surface area contributed by atoms with E-state index < -0.39 is 0 Å². The van der Waals surface area contributed by atoms with Crippen LogP contribution >= 0.6 is 0 Å². The second-order valence-corrected chi connectivity index (χ2v) is 7.12. The van der Waals surface area contributed by atoms with E-state index in [1.165, 1.54) is 0 Å². The average molecular weight is 367 g/mol. The van der Waals surface area contributed by atoms with Crippen LogP contribution in [0.3, 0.4) is 0 Å². The molecule has 3 aromatic rings. The Balaban J connectivity index is 1.71. The summed E-state index contributed by atoms with van der Waals surface area (Å²) in [5.41, 5.74) is 7.44. The molecule has 0 unspecified atom stereocenters. The smallest absolute Gasteiger partial charge is 0.233 e. The molecule has 1 aromatic carbocycles. The van der Waals surface area contributed by atoms with Crippen molar-refractivity contribution in [1.82, 2.24) is 29.2 Å². The summed E-state index contributed by atoms with van der Waals surface area (Å²) in [6.07, 6.45) is 4.63. The summed E-state index contributed by atoms with van der Waals surface area (Å²) >= 11 is 0. The average Bonchev–Trinajstić information content (AvgIpc) is 3.27. The number of carbonyl (C=O) groups is 1. The van der Waals surface area contributed by atoms with Gasteiger partial charge >= 0.3 is 0 Å². The van der Waals surface area contributed by atoms with Gasteiger partial charge in [-0.2, -0.15) is 9.78 Å². The molecule has 8 nitrogen and oxygen atoms in total. The highest BCUT2D eigenvalue weighted by Crippen LogP contribution is 2.28. The molecule has 0 bridgehead atoms. The van der Waals surface area contributed by atoms with E-state index in [0.29, 0.717) is 6.54 Å². The number of nitrogens with two attached hydrogens (primary N) is 1. The molecule has 2 aromatic heterocycles. The summed E-state index contributed by atoms with van der Waals surface area (Å²) in [5, 5.41) is 4.50. The monoisotopic (exact) mass is 367 g/mol. The molecule has 4 rings (SSSR count). The second kappa shape index (κ2) is 7.48. The Labute approximate surface area is 158 Å². The first-order valence-corrected chi connectivity index (χ1v) is 9.53. The van der Waals surface area contributed by atoms with Crippen LogP contribution < -0.4 is 5.73 Å². The summed E-state index contributed by atoms with van der Waals surface area (Å²) < 4.78 is 4.08. The zero-order chi connectivity index (χ0) is 18.8. The van der Waals surface area contributed by atoms with Crippen molar-refractivity contribution in [1.29, 1.82) is 0 Å². The van der Waals surface area contributed by atoms with Gasteiger partial charge in [0.2, 0.25) is 11.9 Å². The van der Waals surface area contributed by atoms with Gasteiger partial charge in [0.05, 0.1) is 17.6 Å². The quantitative estimate of drug-likeness (QED) is 0.715. The minimum atomic E-state index is -0.290. The summed E-state index contributed by atoms with van der Waals surface area (Å²) in [4.78, 5) is 22.8. The molecule has 1 aliphatic rings. The molecule has 1 atom stereocenters. The highest BCUT2D eigenvalue weighted by molar-refractivity contribution is 5.77. The highest BCUT2D eigenvalue weighted by atomic mass is 16.1. The standard InChI is InChI=1S/C19H25N7O/c1-2-9-25-16-8-4-3-7-15(16)23-19(25)26-18(21-13-22-26)14-6-5-10-24(11-14)12-17(20)27/h3-4,7-8,13-14H,2,5-6,9-12H2,1H3,(H2,20,27)/t14-/m1/s1. The molecule has 0 saturated carbocycles. The summed E-state index contributed by atoms with van der Waals surface area (Å²) in [6, 6.07) is 8.15. The van der Waals surface area contributed by atoms with Crippen LogP contribution in [0.5, 0.6) is 0 Å². The van der Waals surface area contributed by atoms with Crippen molar-refractivity contribution in [3.05, 3.63) is 36.4 Å². The van der Waals surface area contributed by atoms with E-state index in [1.54, 1.807) is 6.33 Å². The predicted molar refractivity (Wildman–Crippen MR) is 103 cm³/mol. The van der Waals surface area contributed by atoms with Crippen molar-refractivity contribution in [3.8, 4) is 5.95 Å². The van der Waals surface area contributed by atoms with Crippen LogP contribution in [0.2, 0.25) is 0 Å². The van der Waals surface area contributed by atoms with E-state index in [9.17, 15) is 4.79 Å². The Morgan fingerprint density at radius 3 is 3.00 bits per heavy atom. The number of aryl methyl sites for hydroxylation is 1. The van der Waals surface area contributed by atoms with Crippen molar-refractivity contribution >= 4 is 16.9 Å². The minimum Gasteiger partial charge on any atom is -0.369 e. The highest BCUT2D eigenvalue weighted by Gasteiger charge is 2.27. The van der Waals surface area contributed by atoms with E-state index >= 15 is 0 Å². The Hall–Kier alpha value is -2.74. The van der Waals surface area contributed by atoms with Crippen molar-refractivity contribution in [3.63, 3.8) is 0 Å². The first-order chi connectivity index (χ1) is 13.2. The van der Waals surface area contributed by atoms with Gasteiger partial charge in [-0.1, -0.05) is 19.1 Å². The van der Waals surface area contributed by atoms with Crippen LogP contribution in [0.25, 0.3) is 17.0 Å². The number of carbonyl (C=O) groups excluding carboxylic acids is 1. The first kappa shape index (κ1) is 17.7. The Bertz CT molecular complexity index is 945. The third kappa shape index (κ3) is 3.44. The number of piperidine rings is 1. The molecule has 0 radical (unpaired) electrons. The van der Waals surface area contributed by atoms with Crippen LogP contribution in [0.1, 0.15) is 37.9 Å². The fourth-order valence-electron chi connectivity index (χ4n) is 3.98. The number of benzene rings is 1. The summed E-state index contributed by atoms with van der Waals surface area (Å²) in [6.45, 7) is 4.97. The minimum absolute atomic E-state index is 0.204. The van der Waals surface area contributed by atoms with Gasteiger partial charge in [-0.25, -0.2) is 9.97 Å². The lowest BCUT2D eigenvalue weighted by molar-refractivity contribution is -0.119. The third-order valence-corrected chi connectivity index (χ3v) is 5.10. The van der Waals surface area contributed by atoms with Crippen molar-refractivity contribution in [2.24, 2.45) is 5.73 Å². The maximum Gasteiger partial charge on any atom is 0.233 e. The van der Waals surface area contributed by atoms with Gasteiger partial charge < -0.3 is 10.3 Å². The maximum absolute atomic E-state index is 11.3. The van der Waals surface area contributed by atoms with Crippen LogP contribution in [-0.2, 0) is 11.3 Å². The molecular weight excluding hydrogens is 342 g/mol. The number of nitrogens with zero attached hydrogens (tertiary/aromatic N) is 6. The van der Waals surface area contributed by atoms with Crippen LogP contribution in [-0.4, -0.2) is 54.8 Å². The maximum atomic E-state index is 11.3. The molecule has 27 heavy (non-hydrogen) atoms. The fourth-order valence-corrected chi connectivity index (χ4v) is 3.98.